The van der Waals surface area contributed by atoms with Gasteiger partial charge in [0.15, 0.2) is 11.9 Å². The lowest BCUT2D eigenvalue weighted by molar-refractivity contribution is -0.141. The van der Waals surface area contributed by atoms with Crippen molar-refractivity contribution in [2.45, 2.75) is 50.5 Å². The Morgan fingerprint density at radius 3 is 2.84 bits per heavy atom. The van der Waals surface area contributed by atoms with Crippen molar-refractivity contribution in [1.29, 1.82) is 0 Å². The molecule has 0 radical (unpaired) electrons. The fraction of sp³-hybridized carbons (Fsp3) is 0.833. The molecule has 1 aliphatic rings. The van der Waals surface area contributed by atoms with Gasteiger partial charge in [-0.2, -0.15) is 11.8 Å². The molecule has 19 heavy (non-hydrogen) atoms. The molecule has 1 atom stereocenters. The van der Waals surface area contributed by atoms with Crippen LogP contribution in [0, 0.1) is 0 Å². The van der Waals surface area contributed by atoms with E-state index in [2.05, 4.69) is 15.5 Å². The monoisotopic (exact) mass is 284 g/mol. The molecule has 1 fully saturated rings. The number of tetrazole rings is 1. The van der Waals surface area contributed by atoms with Gasteiger partial charge in [0.1, 0.15) is 0 Å². The van der Waals surface area contributed by atoms with Crippen molar-refractivity contribution in [3.8, 4) is 0 Å². The van der Waals surface area contributed by atoms with Crippen molar-refractivity contribution in [3.05, 3.63) is 5.82 Å². The number of thioether (sulfide) groups is 1. The maximum absolute atomic E-state index is 11.4. The Kier molecular flexibility index (Phi) is 5.18. The molecular weight excluding hydrogens is 264 g/mol. The topological polar surface area (TPSA) is 80.9 Å². The average molecular weight is 284 g/mol. The highest BCUT2D eigenvalue weighted by atomic mass is 32.2. The van der Waals surface area contributed by atoms with Gasteiger partial charge in [0, 0.05) is 5.92 Å². The van der Waals surface area contributed by atoms with E-state index in [4.69, 9.17) is 0 Å². The molecule has 0 spiro atoms. The van der Waals surface area contributed by atoms with Crippen LogP contribution < -0.4 is 0 Å². The summed E-state index contributed by atoms with van der Waals surface area (Å²) in [6.45, 7) is 0. The molecule has 1 aromatic heterocycles. The van der Waals surface area contributed by atoms with E-state index in [1.807, 2.05) is 6.26 Å². The first-order valence-corrected chi connectivity index (χ1v) is 8.13. The summed E-state index contributed by atoms with van der Waals surface area (Å²) in [7, 11) is 0. The van der Waals surface area contributed by atoms with Crippen LogP contribution in [-0.4, -0.2) is 43.3 Å². The fourth-order valence-corrected chi connectivity index (χ4v) is 3.09. The van der Waals surface area contributed by atoms with Crippen molar-refractivity contribution >= 4 is 17.7 Å². The summed E-state index contributed by atoms with van der Waals surface area (Å²) in [5, 5.41) is 21.1. The molecular formula is C12H20N4O2S. The van der Waals surface area contributed by atoms with Crippen LogP contribution in [0.15, 0.2) is 0 Å². The van der Waals surface area contributed by atoms with Gasteiger partial charge >= 0.3 is 5.97 Å². The van der Waals surface area contributed by atoms with E-state index in [-0.39, 0.29) is 0 Å². The van der Waals surface area contributed by atoms with Crippen LogP contribution in [0.5, 0.6) is 0 Å². The Bertz CT molecular complexity index is 418. The fourth-order valence-electron chi connectivity index (χ4n) is 2.63. The lowest BCUT2D eigenvalue weighted by atomic mass is 9.88. The third-order valence-corrected chi connectivity index (χ3v) is 4.31. The van der Waals surface area contributed by atoms with Gasteiger partial charge < -0.3 is 5.11 Å². The minimum absolute atomic E-state index is 0.319. The van der Waals surface area contributed by atoms with Crippen LogP contribution in [0.1, 0.15) is 56.3 Å². The number of hydrogen-bond acceptors (Lipinski definition) is 5. The van der Waals surface area contributed by atoms with E-state index in [1.165, 1.54) is 23.9 Å². The highest BCUT2D eigenvalue weighted by molar-refractivity contribution is 7.98. The molecule has 106 valence electrons. The second-order valence-electron chi connectivity index (χ2n) is 4.95. The lowest BCUT2D eigenvalue weighted by Crippen LogP contribution is -2.25. The molecule has 2 rings (SSSR count). The zero-order valence-electron chi connectivity index (χ0n) is 11.2. The summed E-state index contributed by atoms with van der Waals surface area (Å²) < 4.78 is 1.54. The van der Waals surface area contributed by atoms with E-state index >= 15 is 0 Å². The number of hydrogen-bond donors (Lipinski definition) is 1. The standard InChI is InChI=1S/C12H20N4O2S/c1-19-8-7-10(12(17)18)16-11(13-14-15-16)9-5-3-2-4-6-9/h9-10H,2-8H2,1H3,(H,17,18). The Morgan fingerprint density at radius 1 is 1.47 bits per heavy atom. The first kappa shape index (κ1) is 14.3. The maximum Gasteiger partial charge on any atom is 0.328 e. The molecule has 1 saturated carbocycles. The molecule has 1 heterocycles. The van der Waals surface area contributed by atoms with Crippen molar-refractivity contribution in [3.63, 3.8) is 0 Å². The van der Waals surface area contributed by atoms with Crippen molar-refractivity contribution in [1.82, 2.24) is 20.2 Å². The molecule has 0 saturated heterocycles. The molecule has 1 N–H and O–H groups in total. The van der Waals surface area contributed by atoms with Gasteiger partial charge in [-0.1, -0.05) is 19.3 Å². The van der Waals surface area contributed by atoms with Crippen molar-refractivity contribution in [2.24, 2.45) is 0 Å². The zero-order valence-corrected chi connectivity index (χ0v) is 12.0. The normalized spacial score (nSPS) is 18.4. The van der Waals surface area contributed by atoms with Crippen LogP contribution in [0.3, 0.4) is 0 Å². The Hall–Kier alpha value is -1.11. The van der Waals surface area contributed by atoms with Crippen LogP contribution in [0.25, 0.3) is 0 Å². The number of nitrogens with zero attached hydrogens (tertiary/aromatic N) is 4. The third kappa shape index (κ3) is 3.46. The smallest absolute Gasteiger partial charge is 0.328 e. The van der Waals surface area contributed by atoms with Gasteiger partial charge in [0.25, 0.3) is 0 Å². The molecule has 0 amide bonds. The average Bonchev–Trinajstić information content (AvgIpc) is 2.89. The first-order valence-electron chi connectivity index (χ1n) is 6.73. The summed E-state index contributed by atoms with van der Waals surface area (Å²) in [4.78, 5) is 11.4. The van der Waals surface area contributed by atoms with Gasteiger partial charge in [0.2, 0.25) is 0 Å². The number of carboxylic acids is 1. The Balaban J connectivity index is 2.17. The number of aliphatic carboxylic acids is 1. The summed E-state index contributed by atoms with van der Waals surface area (Å²) in [5.74, 6) is 1.02. The quantitative estimate of drug-likeness (QED) is 0.861. The van der Waals surface area contributed by atoms with Gasteiger partial charge in [-0.15, -0.1) is 5.10 Å². The van der Waals surface area contributed by atoms with Crippen molar-refractivity contribution in [2.75, 3.05) is 12.0 Å². The summed E-state index contributed by atoms with van der Waals surface area (Å²) in [6, 6.07) is -0.639. The minimum atomic E-state index is -0.849. The highest BCUT2D eigenvalue weighted by Gasteiger charge is 2.28. The van der Waals surface area contributed by atoms with Crippen LogP contribution >= 0.6 is 11.8 Å². The highest BCUT2D eigenvalue weighted by Crippen LogP contribution is 2.32. The molecule has 7 heteroatoms. The minimum Gasteiger partial charge on any atom is -0.480 e. The van der Waals surface area contributed by atoms with Crippen LogP contribution in [0.4, 0.5) is 0 Å². The number of aromatic nitrogens is 4. The predicted molar refractivity (Wildman–Crippen MR) is 73.3 cm³/mol. The lowest BCUT2D eigenvalue weighted by Gasteiger charge is -2.22. The second-order valence-corrected chi connectivity index (χ2v) is 5.94. The van der Waals surface area contributed by atoms with E-state index in [9.17, 15) is 9.90 Å². The summed E-state index contributed by atoms with van der Waals surface area (Å²) in [6.07, 6.45) is 8.28. The van der Waals surface area contributed by atoms with Gasteiger partial charge in [-0.25, -0.2) is 9.48 Å². The summed E-state index contributed by atoms with van der Waals surface area (Å²) >= 11 is 1.64. The maximum atomic E-state index is 11.4. The van der Waals surface area contributed by atoms with Gasteiger partial charge in [0.05, 0.1) is 0 Å². The Morgan fingerprint density at radius 2 is 2.21 bits per heavy atom. The SMILES string of the molecule is CSCCC(C(=O)O)n1nnnc1C1CCCCC1. The molecule has 1 unspecified atom stereocenters. The van der Waals surface area contributed by atoms with E-state index in [0.29, 0.717) is 12.3 Å². The molecule has 0 aromatic carbocycles. The first-order chi connectivity index (χ1) is 9.24. The number of rotatable bonds is 6. The molecule has 1 aliphatic carbocycles. The van der Waals surface area contributed by atoms with E-state index in [1.54, 1.807) is 11.8 Å². The van der Waals surface area contributed by atoms with Gasteiger partial charge in [-0.05, 0) is 41.7 Å². The van der Waals surface area contributed by atoms with Crippen molar-refractivity contribution < 1.29 is 9.90 Å². The molecule has 0 bridgehead atoms. The second kappa shape index (κ2) is 6.88. The number of carboxylic acid groups (broad SMARTS) is 1. The Labute approximate surface area is 117 Å². The largest absolute Gasteiger partial charge is 0.480 e. The van der Waals surface area contributed by atoms with Crippen LogP contribution in [-0.2, 0) is 4.79 Å². The van der Waals surface area contributed by atoms with E-state index in [0.717, 1.165) is 24.4 Å². The van der Waals surface area contributed by atoms with E-state index < -0.39 is 12.0 Å². The molecule has 1 aromatic rings. The summed E-state index contributed by atoms with van der Waals surface area (Å²) in [5.41, 5.74) is 0. The van der Waals surface area contributed by atoms with Crippen LogP contribution in [0.2, 0.25) is 0 Å². The molecule has 0 aliphatic heterocycles. The zero-order chi connectivity index (χ0) is 13.7. The third-order valence-electron chi connectivity index (χ3n) is 3.66. The number of carbonyl (C=O) groups is 1. The molecule has 6 nitrogen and oxygen atoms in total. The predicted octanol–water partition coefficient (Wildman–Crippen LogP) is 2.10. The van der Waals surface area contributed by atoms with Gasteiger partial charge in [-0.3, -0.25) is 0 Å².